The minimum absolute atomic E-state index is 0.0731. The molecule has 7 fully saturated rings. The van der Waals surface area contributed by atoms with Crippen molar-refractivity contribution in [3.63, 3.8) is 0 Å². The van der Waals surface area contributed by atoms with Gasteiger partial charge in [0.05, 0.1) is 0 Å². The molecule has 13 heteroatoms. The van der Waals surface area contributed by atoms with Crippen molar-refractivity contribution >= 4 is 29.6 Å². The van der Waals surface area contributed by atoms with E-state index in [4.69, 9.17) is 14.2 Å². The van der Waals surface area contributed by atoms with Gasteiger partial charge in [0.1, 0.15) is 12.7 Å². The minimum Gasteiger partial charge on any atom is -0.461 e. The lowest BCUT2D eigenvalue weighted by Crippen LogP contribution is -2.74. The summed E-state index contributed by atoms with van der Waals surface area (Å²) in [6, 6.07) is 0. The van der Waals surface area contributed by atoms with Crippen LogP contribution < -0.4 is 5.32 Å². The Labute approximate surface area is 288 Å². The first-order chi connectivity index (χ1) is 23.2. The zero-order valence-electron chi connectivity index (χ0n) is 28.8. The highest BCUT2D eigenvalue weighted by molar-refractivity contribution is 6.01. The summed E-state index contributed by atoms with van der Waals surface area (Å²) in [5.41, 5.74) is -8.02. The number of esters is 2. The van der Waals surface area contributed by atoms with Crippen LogP contribution in [-0.4, -0.2) is 65.3 Å². The molecule has 8 aliphatic carbocycles. The Kier molecular flexibility index (Phi) is 8.00. The molecule has 0 aromatic rings. The van der Waals surface area contributed by atoms with Gasteiger partial charge in [-0.1, -0.05) is 25.5 Å². The Balaban J connectivity index is 1.26. The van der Waals surface area contributed by atoms with Gasteiger partial charge in [-0.3, -0.25) is 14.4 Å². The van der Waals surface area contributed by atoms with E-state index in [1.54, 1.807) is 6.92 Å². The maximum absolute atomic E-state index is 18.2. The second kappa shape index (κ2) is 11.4. The first-order valence-electron chi connectivity index (χ1n) is 17.8. The van der Waals surface area contributed by atoms with Crippen molar-refractivity contribution in [2.45, 2.75) is 121 Å². The third-order valence-corrected chi connectivity index (χ3v) is 14.0. The number of hydrogen-bond donors (Lipinski definition) is 1. The van der Waals surface area contributed by atoms with E-state index in [-0.39, 0.29) is 25.0 Å². The van der Waals surface area contributed by atoms with Crippen LogP contribution in [0, 0.1) is 46.3 Å². The van der Waals surface area contributed by atoms with Gasteiger partial charge in [0.2, 0.25) is 5.60 Å². The molecule has 7 saturated carbocycles. The molecule has 8 aliphatic rings. The van der Waals surface area contributed by atoms with Crippen molar-refractivity contribution in [1.29, 1.82) is 0 Å². The summed E-state index contributed by atoms with van der Waals surface area (Å²) in [6.07, 6.45) is 0.988. The van der Waals surface area contributed by atoms with Gasteiger partial charge in [-0.05, 0) is 101 Å². The largest absolute Gasteiger partial charge is 0.490 e. The van der Waals surface area contributed by atoms with Crippen molar-refractivity contribution < 1.29 is 55.7 Å². The predicted octanol–water partition coefficient (Wildman–Crippen LogP) is 6.28. The number of alkyl carbamates (subject to hydrolysis) is 1. The first-order valence-corrected chi connectivity index (χ1v) is 17.8. The standard InChI is InChI=1S/C37H45F4NO8/c1-19-9-27-26-6-5-24-13-25(44)7-8-33(24,4)36(26,38)28(49-30(46)37(39,40)41)17-32(27,3)29(45)35(19,18-48-20(2)43)50-31(47)42-34-14-21-10-22(15-34)12-23(11-21)16-34/h7-8,13,19,21-23,26-28H,5-6,9-12,14-18H2,1-4H3,(H,42,47)/t19-,21?,22?,23?,26?,27?,28-,32-,33-,34?,35+,36-/m0/s1. The number of alkyl halides is 4. The average Bonchev–Trinajstić information content (AvgIpc) is 3.00. The molecule has 0 radical (unpaired) electrons. The van der Waals surface area contributed by atoms with E-state index in [9.17, 15) is 32.3 Å². The van der Waals surface area contributed by atoms with Crippen molar-refractivity contribution in [3.8, 4) is 0 Å². The smallest absolute Gasteiger partial charge is 0.461 e. The Morgan fingerprint density at radius 2 is 1.58 bits per heavy atom. The lowest BCUT2D eigenvalue weighted by Gasteiger charge is -2.65. The van der Waals surface area contributed by atoms with Crippen molar-refractivity contribution in [3.05, 3.63) is 23.8 Å². The van der Waals surface area contributed by atoms with Crippen LogP contribution >= 0.6 is 0 Å². The van der Waals surface area contributed by atoms with E-state index in [1.807, 2.05) is 0 Å². The van der Waals surface area contributed by atoms with E-state index < -0.39 is 94.5 Å². The number of rotatable bonds is 5. The molecule has 0 saturated heterocycles. The Morgan fingerprint density at radius 1 is 0.960 bits per heavy atom. The minimum atomic E-state index is -5.45. The van der Waals surface area contributed by atoms with Gasteiger partial charge in [-0.15, -0.1) is 0 Å². The number of ether oxygens (including phenoxy) is 3. The second-order valence-corrected chi connectivity index (χ2v) is 17.0. The van der Waals surface area contributed by atoms with Crippen molar-refractivity contribution in [2.24, 2.45) is 46.3 Å². The maximum atomic E-state index is 18.2. The number of carbonyl (C=O) groups excluding carboxylic acids is 5. The molecule has 4 bridgehead atoms. The number of halogens is 4. The fourth-order valence-corrected chi connectivity index (χ4v) is 12.1. The number of nitrogens with one attached hydrogen (secondary N) is 1. The number of hydrogen-bond acceptors (Lipinski definition) is 8. The van der Waals surface area contributed by atoms with Gasteiger partial charge >= 0.3 is 24.2 Å². The van der Waals surface area contributed by atoms with Crippen molar-refractivity contribution in [2.75, 3.05) is 6.61 Å². The van der Waals surface area contributed by atoms with Gasteiger partial charge in [-0.25, -0.2) is 14.0 Å². The highest BCUT2D eigenvalue weighted by atomic mass is 19.4. The van der Waals surface area contributed by atoms with Crippen LogP contribution in [0.25, 0.3) is 0 Å². The average molecular weight is 708 g/mol. The quantitative estimate of drug-likeness (QED) is 0.201. The van der Waals surface area contributed by atoms with Gasteiger partial charge in [-0.2, -0.15) is 13.2 Å². The van der Waals surface area contributed by atoms with Crippen LogP contribution in [0.5, 0.6) is 0 Å². The van der Waals surface area contributed by atoms with Crippen molar-refractivity contribution in [1.82, 2.24) is 5.32 Å². The Hall–Kier alpha value is -3.25. The third kappa shape index (κ3) is 5.17. The molecular weight excluding hydrogens is 662 g/mol. The van der Waals surface area contributed by atoms with E-state index in [2.05, 4.69) is 5.32 Å². The zero-order valence-corrected chi connectivity index (χ0v) is 28.8. The van der Waals surface area contributed by atoms with Crippen LogP contribution in [0.3, 0.4) is 0 Å². The molecule has 9 nitrogen and oxygen atoms in total. The number of amides is 1. The van der Waals surface area contributed by atoms with E-state index >= 15 is 9.18 Å². The van der Waals surface area contributed by atoms with Gasteiger partial charge < -0.3 is 19.5 Å². The molecule has 8 rings (SSSR count). The molecule has 2 unspecified atom stereocenters. The van der Waals surface area contributed by atoms with Crippen LogP contribution in [0.15, 0.2) is 23.8 Å². The maximum Gasteiger partial charge on any atom is 0.490 e. The Morgan fingerprint density at radius 3 is 2.16 bits per heavy atom. The summed E-state index contributed by atoms with van der Waals surface area (Å²) < 4.78 is 75.8. The molecular formula is C37H45F4NO8. The molecule has 8 atom stereocenters. The van der Waals surface area contributed by atoms with Crippen LogP contribution in [0.4, 0.5) is 22.4 Å². The summed E-state index contributed by atoms with van der Waals surface area (Å²) in [4.78, 5) is 65.8. The molecule has 0 aromatic heterocycles. The lowest BCUT2D eigenvalue weighted by molar-refractivity contribution is -0.250. The molecule has 0 spiro atoms. The van der Waals surface area contributed by atoms with E-state index in [0.29, 0.717) is 23.3 Å². The first kappa shape index (κ1) is 35.2. The fourth-order valence-electron chi connectivity index (χ4n) is 12.1. The molecule has 0 aromatic carbocycles. The lowest BCUT2D eigenvalue weighted by atomic mass is 9.41. The monoisotopic (exact) mass is 707 g/mol. The fraction of sp³-hybridized carbons (Fsp3) is 0.757. The molecule has 0 aliphatic heterocycles. The SMILES string of the molecule is CC(=O)OC[C@]1(OC(=O)NC23CC4CC(CC(C4)C2)C3)C(=O)[C@@]2(C)C[C@H](OC(=O)C(F)(F)F)[C@@]3(F)C(CCC4=CC(=O)C=C[C@@]43C)C2C[C@@H]1C. The molecule has 1 N–H and O–H groups in total. The zero-order chi connectivity index (χ0) is 36.2. The summed E-state index contributed by atoms with van der Waals surface area (Å²) >= 11 is 0. The van der Waals surface area contributed by atoms with Gasteiger partial charge in [0.25, 0.3) is 0 Å². The Bertz CT molecular complexity index is 1550. The molecule has 50 heavy (non-hydrogen) atoms. The number of ketones is 2. The van der Waals surface area contributed by atoms with E-state index in [1.165, 1.54) is 32.1 Å². The molecule has 274 valence electrons. The topological polar surface area (TPSA) is 125 Å². The second-order valence-electron chi connectivity index (χ2n) is 17.0. The summed E-state index contributed by atoms with van der Waals surface area (Å²) in [6.45, 7) is 5.17. The summed E-state index contributed by atoms with van der Waals surface area (Å²) in [5.74, 6) is -5.58. The van der Waals surface area contributed by atoms with Gasteiger partial charge in [0.15, 0.2) is 17.2 Å². The molecule has 0 heterocycles. The number of allylic oxidation sites excluding steroid dienone is 4. The molecule has 1 amide bonds. The predicted molar refractivity (Wildman–Crippen MR) is 168 cm³/mol. The van der Waals surface area contributed by atoms with Crippen LogP contribution in [-0.2, 0) is 33.4 Å². The normalized spacial score (nSPS) is 45.8. The highest BCUT2D eigenvalue weighted by Gasteiger charge is 2.75. The highest BCUT2D eigenvalue weighted by Crippen LogP contribution is 2.68. The van der Waals surface area contributed by atoms with Gasteiger partial charge in [0, 0.05) is 41.5 Å². The number of Topliss-reactive ketones (excluding diaryl/α,β-unsaturated/α-hetero) is 1. The van der Waals surface area contributed by atoms with E-state index in [0.717, 1.165) is 45.4 Å². The summed E-state index contributed by atoms with van der Waals surface area (Å²) in [5, 5.41) is 3.10. The third-order valence-electron chi connectivity index (χ3n) is 14.0. The summed E-state index contributed by atoms with van der Waals surface area (Å²) in [7, 11) is 0. The van der Waals surface area contributed by atoms with Crippen LogP contribution in [0.2, 0.25) is 0 Å². The van der Waals surface area contributed by atoms with Crippen LogP contribution in [0.1, 0.15) is 91.9 Å². The number of carbonyl (C=O) groups is 5. The number of fused-ring (bicyclic) bond motifs is 5.